The van der Waals surface area contributed by atoms with Crippen LogP contribution in [0.25, 0.3) is 11.3 Å². The van der Waals surface area contributed by atoms with Crippen LogP contribution in [0.5, 0.6) is 0 Å². The SMILES string of the molecule is Cc1onc(-c2ccccc2)c1C(=O)N1CCN(S(=O)(=O)Cc2ccccc2)CC1. The number of sulfonamides is 1. The predicted octanol–water partition coefficient (Wildman–Crippen LogP) is 2.94. The lowest BCUT2D eigenvalue weighted by Gasteiger charge is -2.34. The van der Waals surface area contributed by atoms with Gasteiger partial charge in [-0.1, -0.05) is 65.8 Å². The summed E-state index contributed by atoms with van der Waals surface area (Å²) in [5.74, 6) is 0.232. The topological polar surface area (TPSA) is 83.7 Å². The molecule has 0 atom stereocenters. The van der Waals surface area contributed by atoms with E-state index in [0.29, 0.717) is 30.1 Å². The third-order valence-corrected chi connectivity index (χ3v) is 7.09. The Morgan fingerprint density at radius 1 is 0.967 bits per heavy atom. The van der Waals surface area contributed by atoms with E-state index in [1.165, 1.54) is 4.31 Å². The highest BCUT2D eigenvalue weighted by molar-refractivity contribution is 7.88. The number of piperazine rings is 1. The van der Waals surface area contributed by atoms with E-state index in [1.807, 2.05) is 48.5 Å². The Balaban J connectivity index is 1.46. The molecule has 0 spiro atoms. The molecule has 0 bridgehead atoms. The fourth-order valence-electron chi connectivity index (χ4n) is 3.62. The molecule has 0 saturated carbocycles. The molecule has 156 valence electrons. The van der Waals surface area contributed by atoms with Gasteiger partial charge in [-0.2, -0.15) is 4.31 Å². The molecular weight excluding hydrogens is 402 g/mol. The molecule has 0 N–H and O–H groups in total. The first kappa shape index (κ1) is 20.3. The summed E-state index contributed by atoms with van der Waals surface area (Å²) in [6, 6.07) is 18.5. The molecule has 1 amide bonds. The lowest BCUT2D eigenvalue weighted by molar-refractivity contribution is 0.0696. The lowest BCUT2D eigenvalue weighted by atomic mass is 10.0. The van der Waals surface area contributed by atoms with Crippen LogP contribution in [-0.2, 0) is 15.8 Å². The Morgan fingerprint density at radius 2 is 1.57 bits per heavy atom. The normalized spacial score (nSPS) is 15.3. The van der Waals surface area contributed by atoms with Crippen LogP contribution in [0.15, 0.2) is 65.2 Å². The molecule has 1 saturated heterocycles. The van der Waals surface area contributed by atoms with Gasteiger partial charge in [-0.25, -0.2) is 8.42 Å². The van der Waals surface area contributed by atoms with E-state index in [1.54, 1.807) is 24.0 Å². The van der Waals surface area contributed by atoms with Gasteiger partial charge < -0.3 is 9.42 Å². The molecule has 2 aromatic carbocycles. The molecule has 7 nitrogen and oxygen atoms in total. The Hall–Kier alpha value is -2.97. The average Bonchev–Trinajstić information content (AvgIpc) is 3.16. The molecule has 30 heavy (non-hydrogen) atoms. The number of hydrogen-bond acceptors (Lipinski definition) is 5. The van der Waals surface area contributed by atoms with Crippen molar-refractivity contribution in [1.29, 1.82) is 0 Å². The van der Waals surface area contributed by atoms with E-state index < -0.39 is 10.0 Å². The number of carbonyl (C=O) groups excluding carboxylic acids is 1. The van der Waals surface area contributed by atoms with Gasteiger partial charge in [-0.05, 0) is 12.5 Å². The molecule has 1 aliphatic heterocycles. The van der Waals surface area contributed by atoms with Crippen molar-refractivity contribution in [2.24, 2.45) is 0 Å². The first-order valence-corrected chi connectivity index (χ1v) is 11.4. The van der Waals surface area contributed by atoms with E-state index in [0.717, 1.165) is 11.1 Å². The van der Waals surface area contributed by atoms with Crippen molar-refractivity contribution in [3.05, 3.63) is 77.6 Å². The fourth-order valence-corrected chi connectivity index (χ4v) is 5.14. The zero-order valence-corrected chi connectivity index (χ0v) is 17.5. The third-order valence-electron chi connectivity index (χ3n) is 5.23. The summed E-state index contributed by atoms with van der Waals surface area (Å²) in [6.07, 6.45) is 0. The van der Waals surface area contributed by atoms with Crippen LogP contribution >= 0.6 is 0 Å². The van der Waals surface area contributed by atoms with Crippen molar-refractivity contribution >= 4 is 15.9 Å². The predicted molar refractivity (Wildman–Crippen MR) is 113 cm³/mol. The first-order chi connectivity index (χ1) is 14.5. The minimum atomic E-state index is -3.43. The zero-order valence-electron chi connectivity index (χ0n) is 16.7. The minimum absolute atomic E-state index is 0.0370. The highest BCUT2D eigenvalue weighted by Gasteiger charge is 2.32. The molecular formula is C22H23N3O4S. The molecule has 1 aliphatic rings. The Morgan fingerprint density at radius 3 is 2.20 bits per heavy atom. The number of hydrogen-bond donors (Lipinski definition) is 0. The van der Waals surface area contributed by atoms with Crippen LogP contribution in [0.1, 0.15) is 21.7 Å². The smallest absolute Gasteiger partial charge is 0.259 e. The van der Waals surface area contributed by atoms with Gasteiger partial charge in [0.2, 0.25) is 10.0 Å². The van der Waals surface area contributed by atoms with Crippen LogP contribution in [0.2, 0.25) is 0 Å². The summed E-state index contributed by atoms with van der Waals surface area (Å²) in [5.41, 5.74) is 2.50. The molecule has 0 aliphatic carbocycles. The van der Waals surface area contributed by atoms with E-state index in [-0.39, 0.29) is 24.7 Å². The maximum Gasteiger partial charge on any atom is 0.259 e. The monoisotopic (exact) mass is 425 g/mol. The van der Waals surface area contributed by atoms with E-state index >= 15 is 0 Å². The molecule has 0 radical (unpaired) electrons. The second kappa shape index (κ2) is 8.41. The molecule has 3 aromatic rings. The highest BCUT2D eigenvalue weighted by atomic mass is 32.2. The number of rotatable bonds is 5. The van der Waals surface area contributed by atoms with Gasteiger partial charge in [0, 0.05) is 31.7 Å². The van der Waals surface area contributed by atoms with Crippen LogP contribution in [0, 0.1) is 6.92 Å². The maximum atomic E-state index is 13.2. The number of amides is 1. The second-order valence-electron chi connectivity index (χ2n) is 7.26. The van der Waals surface area contributed by atoms with Crippen molar-refractivity contribution in [3.8, 4) is 11.3 Å². The number of nitrogens with zero attached hydrogens (tertiary/aromatic N) is 3. The van der Waals surface area contributed by atoms with Gasteiger partial charge in [0.25, 0.3) is 5.91 Å². The molecule has 1 fully saturated rings. The summed E-state index contributed by atoms with van der Waals surface area (Å²) in [4.78, 5) is 14.8. The van der Waals surface area contributed by atoms with Gasteiger partial charge in [0.15, 0.2) is 0 Å². The number of aromatic nitrogens is 1. The summed E-state index contributed by atoms with van der Waals surface area (Å²) in [6.45, 7) is 2.91. The number of carbonyl (C=O) groups is 1. The van der Waals surface area contributed by atoms with Crippen LogP contribution < -0.4 is 0 Å². The molecule has 0 unspecified atom stereocenters. The van der Waals surface area contributed by atoms with Crippen LogP contribution in [0.3, 0.4) is 0 Å². The van der Waals surface area contributed by atoms with Crippen molar-refractivity contribution in [1.82, 2.24) is 14.4 Å². The van der Waals surface area contributed by atoms with Crippen molar-refractivity contribution < 1.29 is 17.7 Å². The van der Waals surface area contributed by atoms with E-state index in [2.05, 4.69) is 5.16 Å². The standard InChI is InChI=1S/C22H23N3O4S/c1-17-20(21(23-29-17)19-10-6-3-7-11-19)22(26)24-12-14-25(15-13-24)30(27,28)16-18-8-4-2-5-9-18/h2-11H,12-16H2,1H3. The van der Waals surface area contributed by atoms with Crippen LogP contribution in [0.4, 0.5) is 0 Å². The Bertz CT molecular complexity index is 1120. The lowest BCUT2D eigenvalue weighted by Crippen LogP contribution is -2.50. The molecule has 1 aromatic heterocycles. The molecule has 8 heteroatoms. The molecule has 4 rings (SSSR count). The summed E-state index contributed by atoms with van der Waals surface area (Å²) in [7, 11) is -3.43. The van der Waals surface area contributed by atoms with E-state index in [4.69, 9.17) is 4.52 Å². The van der Waals surface area contributed by atoms with E-state index in [9.17, 15) is 13.2 Å². The van der Waals surface area contributed by atoms with Gasteiger partial charge in [-0.15, -0.1) is 0 Å². The first-order valence-electron chi connectivity index (χ1n) is 9.78. The van der Waals surface area contributed by atoms with Gasteiger partial charge in [0.1, 0.15) is 17.0 Å². The summed E-state index contributed by atoms with van der Waals surface area (Å²) < 4.78 is 32.3. The quantitative estimate of drug-likeness (QED) is 0.628. The maximum absolute atomic E-state index is 13.2. The average molecular weight is 426 g/mol. The third kappa shape index (κ3) is 4.15. The largest absolute Gasteiger partial charge is 0.360 e. The van der Waals surface area contributed by atoms with Gasteiger partial charge in [-0.3, -0.25) is 4.79 Å². The van der Waals surface area contributed by atoms with Crippen molar-refractivity contribution in [3.63, 3.8) is 0 Å². The van der Waals surface area contributed by atoms with Crippen molar-refractivity contribution in [2.45, 2.75) is 12.7 Å². The molecule has 2 heterocycles. The second-order valence-corrected chi connectivity index (χ2v) is 9.23. The Labute approximate surface area is 176 Å². The van der Waals surface area contributed by atoms with Crippen molar-refractivity contribution in [2.75, 3.05) is 26.2 Å². The number of benzene rings is 2. The number of aryl methyl sites for hydroxylation is 1. The highest BCUT2D eigenvalue weighted by Crippen LogP contribution is 2.27. The fraction of sp³-hybridized carbons (Fsp3) is 0.273. The summed E-state index contributed by atoms with van der Waals surface area (Å²) >= 11 is 0. The zero-order chi connectivity index (χ0) is 21.1. The summed E-state index contributed by atoms with van der Waals surface area (Å²) in [5, 5.41) is 4.07. The van der Waals surface area contributed by atoms with Gasteiger partial charge in [0.05, 0.1) is 5.75 Å². The minimum Gasteiger partial charge on any atom is -0.360 e. The van der Waals surface area contributed by atoms with Crippen LogP contribution in [-0.4, -0.2) is 54.9 Å². The van der Waals surface area contributed by atoms with Gasteiger partial charge >= 0.3 is 0 Å². The Kier molecular flexibility index (Phi) is 5.69.